The number of aromatic nitrogens is 6. The van der Waals surface area contributed by atoms with Crippen LogP contribution in [0.2, 0.25) is 0 Å². The molecule has 0 aliphatic carbocycles. The average molecular weight is 535 g/mol. The van der Waals surface area contributed by atoms with Crippen LogP contribution in [0.1, 0.15) is 30.9 Å². The fourth-order valence-electron chi connectivity index (χ4n) is 4.31. The summed E-state index contributed by atoms with van der Waals surface area (Å²) in [6, 6.07) is 19.7. The van der Waals surface area contributed by atoms with Crippen LogP contribution in [0.5, 0.6) is 5.75 Å². The molecule has 39 heavy (non-hydrogen) atoms. The smallest absolute Gasteiger partial charge is 0.291 e. The molecule has 194 valence electrons. The Kier molecular flexibility index (Phi) is 6.73. The van der Waals surface area contributed by atoms with Crippen molar-refractivity contribution >= 4 is 22.4 Å². The maximum atomic E-state index is 13.3. The number of thiazole rings is 1. The van der Waals surface area contributed by atoms with E-state index in [1.807, 2.05) is 78.5 Å². The number of hydrogen-bond donors (Lipinski definition) is 0. The van der Waals surface area contributed by atoms with E-state index >= 15 is 0 Å². The average Bonchev–Trinajstić information content (AvgIpc) is 3.66. The number of aryl methyl sites for hydroxylation is 1. The Morgan fingerprint density at radius 2 is 1.90 bits per heavy atom. The maximum Gasteiger partial charge on any atom is 0.291 e. The van der Waals surface area contributed by atoms with Crippen molar-refractivity contribution < 1.29 is 4.74 Å². The zero-order valence-electron chi connectivity index (χ0n) is 21.6. The number of fused-ring (bicyclic) bond motifs is 1. The molecule has 0 unspecified atom stereocenters. The molecule has 0 aliphatic rings. The van der Waals surface area contributed by atoms with E-state index in [2.05, 4.69) is 28.1 Å². The molecule has 2 aromatic carbocycles. The summed E-state index contributed by atoms with van der Waals surface area (Å²) in [6.45, 7) is 4.88. The van der Waals surface area contributed by atoms with E-state index in [0.717, 1.165) is 52.2 Å². The van der Waals surface area contributed by atoms with Gasteiger partial charge in [0, 0.05) is 35.3 Å². The van der Waals surface area contributed by atoms with Crippen molar-refractivity contribution in [3.05, 3.63) is 105 Å². The van der Waals surface area contributed by atoms with Crippen LogP contribution in [0.25, 0.3) is 39.4 Å². The quantitative estimate of drug-likeness (QED) is 0.253. The summed E-state index contributed by atoms with van der Waals surface area (Å²) in [5.74, 6) is 1.35. The van der Waals surface area contributed by atoms with E-state index in [9.17, 15) is 4.79 Å². The van der Waals surface area contributed by atoms with Crippen LogP contribution in [0.4, 0.5) is 0 Å². The predicted molar refractivity (Wildman–Crippen MR) is 153 cm³/mol. The number of benzene rings is 2. The van der Waals surface area contributed by atoms with E-state index in [1.165, 1.54) is 15.9 Å². The van der Waals surface area contributed by atoms with Gasteiger partial charge in [0.05, 0.1) is 16.8 Å². The third kappa shape index (κ3) is 4.96. The van der Waals surface area contributed by atoms with Gasteiger partial charge in [-0.15, -0.1) is 5.10 Å². The molecule has 9 heteroatoms. The summed E-state index contributed by atoms with van der Waals surface area (Å²) in [6.07, 6.45) is 9.29. The van der Waals surface area contributed by atoms with E-state index in [4.69, 9.17) is 9.84 Å². The number of rotatable bonds is 8. The highest BCUT2D eigenvalue weighted by Crippen LogP contribution is 2.29. The second kappa shape index (κ2) is 10.6. The Balaban J connectivity index is 1.44. The third-order valence-electron chi connectivity index (χ3n) is 6.36. The molecule has 0 fully saturated rings. The number of unbranched alkanes of at least 4 members (excludes halogenated alkanes) is 1. The zero-order valence-corrected chi connectivity index (χ0v) is 22.4. The molecule has 6 aromatic rings. The number of ether oxygens (including phenoxy) is 1. The number of pyridine rings is 1. The van der Waals surface area contributed by atoms with Crippen LogP contribution in [0.3, 0.4) is 0 Å². The van der Waals surface area contributed by atoms with Gasteiger partial charge in [-0.05, 0) is 67.4 Å². The molecule has 0 saturated heterocycles. The number of nitrogens with zero attached hydrogens (tertiary/aromatic N) is 6. The van der Waals surface area contributed by atoms with Crippen LogP contribution in [-0.4, -0.2) is 36.0 Å². The van der Waals surface area contributed by atoms with Gasteiger partial charge in [-0.1, -0.05) is 42.9 Å². The van der Waals surface area contributed by atoms with Crippen LogP contribution < -0.4 is 14.8 Å². The van der Waals surface area contributed by atoms with Crippen molar-refractivity contribution in [2.45, 2.75) is 26.7 Å². The van der Waals surface area contributed by atoms with Crippen LogP contribution in [-0.2, 0) is 0 Å². The zero-order chi connectivity index (χ0) is 26.8. The van der Waals surface area contributed by atoms with Crippen molar-refractivity contribution in [2.24, 2.45) is 0 Å². The first-order valence-electron chi connectivity index (χ1n) is 12.8. The molecule has 0 radical (unpaired) electrons. The molecule has 0 aliphatic heterocycles. The molecular formula is C30H26N6O2S. The van der Waals surface area contributed by atoms with Gasteiger partial charge in [-0.3, -0.25) is 9.78 Å². The van der Waals surface area contributed by atoms with E-state index in [0.29, 0.717) is 21.9 Å². The summed E-state index contributed by atoms with van der Waals surface area (Å²) < 4.78 is 9.68. The second-order valence-electron chi connectivity index (χ2n) is 9.18. The summed E-state index contributed by atoms with van der Waals surface area (Å²) in [5.41, 5.74) is 5.07. The van der Waals surface area contributed by atoms with E-state index in [1.54, 1.807) is 12.4 Å². The van der Waals surface area contributed by atoms with Gasteiger partial charge < -0.3 is 4.74 Å². The van der Waals surface area contributed by atoms with Gasteiger partial charge in [0.25, 0.3) is 5.56 Å². The molecule has 0 amide bonds. The first kappa shape index (κ1) is 24.7. The lowest BCUT2D eigenvalue weighted by molar-refractivity contribution is 0.307. The monoisotopic (exact) mass is 534 g/mol. The normalized spacial score (nSPS) is 11.9. The summed E-state index contributed by atoms with van der Waals surface area (Å²) in [7, 11) is 0. The van der Waals surface area contributed by atoms with E-state index in [-0.39, 0.29) is 5.56 Å². The Morgan fingerprint density at radius 3 is 2.64 bits per heavy atom. The van der Waals surface area contributed by atoms with Crippen molar-refractivity contribution in [3.8, 4) is 34.1 Å². The minimum atomic E-state index is -0.216. The predicted octanol–water partition coefficient (Wildman–Crippen LogP) is 5.10. The maximum absolute atomic E-state index is 13.3. The van der Waals surface area contributed by atoms with Crippen molar-refractivity contribution in [2.75, 3.05) is 6.61 Å². The minimum Gasteiger partial charge on any atom is -0.493 e. The van der Waals surface area contributed by atoms with Crippen LogP contribution in [0.15, 0.2) is 84.0 Å². The largest absolute Gasteiger partial charge is 0.493 e. The van der Waals surface area contributed by atoms with Crippen LogP contribution >= 0.6 is 11.3 Å². The van der Waals surface area contributed by atoms with Crippen molar-refractivity contribution in [1.82, 2.24) is 29.4 Å². The highest BCUT2D eigenvalue weighted by molar-refractivity contribution is 7.15. The second-order valence-corrected chi connectivity index (χ2v) is 10.2. The molecular weight excluding hydrogens is 508 g/mol. The molecule has 0 bridgehead atoms. The molecule has 0 atom stereocenters. The summed E-state index contributed by atoms with van der Waals surface area (Å²) in [4.78, 5) is 22.5. The first-order valence-corrected chi connectivity index (χ1v) is 13.6. The molecule has 8 nitrogen and oxygen atoms in total. The molecule has 0 saturated carbocycles. The third-order valence-corrected chi connectivity index (χ3v) is 7.31. The Bertz CT molecular complexity index is 1860. The lowest BCUT2D eigenvalue weighted by Crippen LogP contribution is -2.23. The van der Waals surface area contributed by atoms with Crippen molar-refractivity contribution in [3.63, 3.8) is 0 Å². The molecule has 4 heterocycles. The Labute approximate surface area is 228 Å². The minimum absolute atomic E-state index is 0.216. The summed E-state index contributed by atoms with van der Waals surface area (Å²) >= 11 is 1.30. The van der Waals surface area contributed by atoms with E-state index < -0.39 is 0 Å². The Hall–Kier alpha value is -4.63. The van der Waals surface area contributed by atoms with Gasteiger partial charge in [0.2, 0.25) is 4.96 Å². The van der Waals surface area contributed by atoms with Crippen molar-refractivity contribution in [1.29, 1.82) is 0 Å². The lowest BCUT2D eigenvalue weighted by atomic mass is 10.0. The molecule has 6 rings (SSSR count). The van der Waals surface area contributed by atoms with Gasteiger partial charge in [0.1, 0.15) is 11.4 Å². The molecule has 4 aromatic heterocycles. The highest BCUT2D eigenvalue weighted by atomic mass is 32.1. The lowest BCUT2D eigenvalue weighted by Gasteiger charge is -2.10. The fraction of sp³-hybridized carbons (Fsp3) is 0.167. The first-order chi connectivity index (χ1) is 19.1. The topological polar surface area (TPSA) is 87.2 Å². The van der Waals surface area contributed by atoms with Crippen LogP contribution in [0, 0.1) is 6.92 Å². The van der Waals surface area contributed by atoms with Gasteiger partial charge >= 0.3 is 0 Å². The number of hydrogen-bond acceptors (Lipinski definition) is 7. The molecule has 0 spiro atoms. The Morgan fingerprint density at radius 1 is 1.03 bits per heavy atom. The van der Waals surface area contributed by atoms with Gasteiger partial charge in [-0.25, -0.2) is 4.68 Å². The SMILES string of the molecule is CCCCOc1ccc(-c2nn(-c3ccccc3)cc2/C=c2/sc3nc(-c4cccnc4)nn3c2=O)cc1C. The standard InChI is InChI=1S/C30H26N6O2S/c1-3-4-15-38-25-13-12-21(16-20(25)2)27-23(19-35(33-27)24-10-6-5-7-11-24)17-26-29(37)36-30(39-26)32-28(34-36)22-9-8-14-31-18-22/h5-14,16-19H,3-4,15H2,1-2H3/b26-17+. The van der Waals surface area contributed by atoms with Gasteiger partial charge in [0.15, 0.2) is 5.82 Å². The number of para-hydroxylation sites is 1. The highest BCUT2D eigenvalue weighted by Gasteiger charge is 2.16. The molecule has 0 N–H and O–H groups in total. The van der Waals surface area contributed by atoms with Gasteiger partial charge in [-0.2, -0.15) is 14.6 Å². The fourth-order valence-corrected chi connectivity index (χ4v) is 5.21. The summed E-state index contributed by atoms with van der Waals surface area (Å²) in [5, 5.41) is 9.36.